The first-order valence-corrected chi connectivity index (χ1v) is 4.58. The smallest absolute Gasteiger partial charge is 0.225 e. The summed E-state index contributed by atoms with van der Waals surface area (Å²) in [5, 5.41) is 11.6. The SMILES string of the molecule is COc1ccnc(NCCCCO)n1. The Morgan fingerprint density at radius 2 is 2.36 bits per heavy atom. The lowest BCUT2D eigenvalue weighted by Gasteiger charge is -2.04. The molecule has 5 heteroatoms. The van der Waals surface area contributed by atoms with Crippen LogP contribution in [0.4, 0.5) is 5.95 Å². The Bertz CT molecular complexity index is 268. The van der Waals surface area contributed by atoms with Gasteiger partial charge in [-0.2, -0.15) is 4.98 Å². The molecular formula is C9H15N3O2. The molecule has 14 heavy (non-hydrogen) atoms. The summed E-state index contributed by atoms with van der Waals surface area (Å²) in [7, 11) is 1.57. The fourth-order valence-electron chi connectivity index (χ4n) is 0.978. The third-order valence-corrected chi connectivity index (χ3v) is 1.71. The van der Waals surface area contributed by atoms with Crippen LogP contribution in [0.1, 0.15) is 12.8 Å². The van der Waals surface area contributed by atoms with Gasteiger partial charge in [0.1, 0.15) is 0 Å². The molecule has 0 unspecified atom stereocenters. The summed E-state index contributed by atoms with van der Waals surface area (Å²) in [5.74, 6) is 1.10. The molecule has 1 aromatic rings. The van der Waals surface area contributed by atoms with Crippen molar-refractivity contribution in [3.63, 3.8) is 0 Å². The molecule has 0 saturated carbocycles. The quantitative estimate of drug-likeness (QED) is 0.656. The normalized spacial score (nSPS) is 9.86. The maximum absolute atomic E-state index is 8.57. The number of aliphatic hydroxyl groups excluding tert-OH is 1. The number of methoxy groups -OCH3 is 1. The fourth-order valence-corrected chi connectivity index (χ4v) is 0.978. The number of hydrogen-bond acceptors (Lipinski definition) is 5. The highest BCUT2D eigenvalue weighted by atomic mass is 16.5. The molecule has 0 aromatic carbocycles. The van der Waals surface area contributed by atoms with Crippen molar-refractivity contribution < 1.29 is 9.84 Å². The van der Waals surface area contributed by atoms with Gasteiger partial charge in [0.2, 0.25) is 11.8 Å². The van der Waals surface area contributed by atoms with E-state index in [4.69, 9.17) is 9.84 Å². The van der Waals surface area contributed by atoms with Crippen molar-refractivity contribution in [2.75, 3.05) is 25.6 Å². The number of aromatic nitrogens is 2. The van der Waals surface area contributed by atoms with E-state index in [0.717, 1.165) is 19.4 Å². The van der Waals surface area contributed by atoms with Crippen LogP contribution < -0.4 is 10.1 Å². The summed E-state index contributed by atoms with van der Waals surface area (Å²) in [6.07, 6.45) is 3.33. The van der Waals surface area contributed by atoms with E-state index in [-0.39, 0.29) is 6.61 Å². The summed E-state index contributed by atoms with van der Waals surface area (Å²) in [5.41, 5.74) is 0. The van der Waals surface area contributed by atoms with E-state index in [2.05, 4.69) is 15.3 Å². The average Bonchev–Trinajstić information content (AvgIpc) is 2.25. The van der Waals surface area contributed by atoms with E-state index < -0.39 is 0 Å². The molecule has 0 fully saturated rings. The Hall–Kier alpha value is -1.36. The van der Waals surface area contributed by atoms with E-state index in [1.807, 2.05) is 0 Å². The molecule has 0 radical (unpaired) electrons. The molecule has 5 nitrogen and oxygen atoms in total. The van der Waals surface area contributed by atoms with Gasteiger partial charge in [0.25, 0.3) is 0 Å². The average molecular weight is 197 g/mol. The van der Waals surface area contributed by atoms with Crippen LogP contribution in [-0.4, -0.2) is 35.3 Å². The lowest BCUT2D eigenvalue weighted by Crippen LogP contribution is -2.06. The van der Waals surface area contributed by atoms with Crippen molar-refractivity contribution in [2.45, 2.75) is 12.8 Å². The summed E-state index contributed by atoms with van der Waals surface area (Å²) in [6.45, 7) is 0.981. The predicted octanol–water partition coefficient (Wildman–Crippen LogP) is 0.670. The van der Waals surface area contributed by atoms with Crippen LogP contribution in [0.15, 0.2) is 12.3 Å². The Morgan fingerprint density at radius 1 is 1.50 bits per heavy atom. The minimum atomic E-state index is 0.223. The number of nitrogens with one attached hydrogen (secondary N) is 1. The second-order valence-corrected chi connectivity index (χ2v) is 2.78. The van der Waals surface area contributed by atoms with Gasteiger partial charge < -0.3 is 15.2 Å². The maximum Gasteiger partial charge on any atom is 0.225 e. The van der Waals surface area contributed by atoms with Gasteiger partial charge in [-0.05, 0) is 12.8 Å². The lowest BCUT2D eigenvalue weighted by atomic mass is 10.3. The third-order valence-electron chi connectivity index (χ3n) is 1.71. The summed E-state index contributed by atoms with van der Waals surface area (Å²) < 4.78 is 4.95. The number of anilines is 1. The second kappa shape index (κ2) is 6.15. The number of aliphatic hydroxyl groups is 1. The molecule has 0 aliphatic rings. The molecular weight excluding hydrogens is 182 g/mol. The van der Waals surface area contributed by atoms with Gasteiger partial charge in [0.05, 0.1) is 7.11 Å². The van der Waals surface area contributed by atoms with Crippen LogP contribution in [0, 0.1) is 0 Å². The first-order chi connectivity index (χ1) is 6.86. The van der Waals surface area contributed by atoms with Crippen LogP contribution in [0.3, 0.4) is 0 Å². The van der Waals surface area contributed by atoms with Gasteiger partial charge >= 0.3 is 0 Å². The molecule has 0 atom stereocenters. The van der Waals surface area contributed by atoms with Crippen LogP contribution in [0.2, 0.25) is 0 Å². The van der Waals surface area contributed by atoms with Gasteiger partial charge in [-0.3, -0.25) is 0 Å². The molecule has 1 rings (SSSR count). The van der Waals surface area contributed by atoms with Crippen LogP contribution in [-0.2, 0) is 0 Å². The number of rotatable bonds is 6. The number of hydrogen-bond donors (Lipinski definition) is 2. The predicted molar refractivity (Wildman–Crippen MR) is 53.4 cm³/mol. The molecule has 0 aliphatic heterocycles. The van der Waals surface area contributed by atoms with Gasteiger partial charge in [-0.25, -0.2) is 4.98 Å². The fraction of sp³-hybridized carbons (Fsp3) is 0.556. The van der Waals surface area contributed by atoms with Gasteiger partial charge in [-0.15, -0.1) is 0 Å². The molecule has 0 spiro atoms. The summed E-state index contributed by atoms with van der Waals surface area (Å²) in [4.78, 5) is 8.10. The zero-order chi connectivity index (χ0) is 10.2. The number of ether oxygens (including phenoxy) is 1. The molecule has 78 valence electrons. The van der Waals surface area contributed by atoms with Crippen LogP contribution in [0.25, 0.3) is 0 Å². The number of unbranched alkanes of at least 4 members (excludes halogenated alkanes) is 1. The Kier molecular flexibility index (Phi) is 4.71. The Morgan fingerprint density at radius 3 is 3.07 bits per heavy atom. The van der Waals surface area contributed by atoms with Crippen LogP contribution >= 0.6 is 0 Å². The van der Waals surface area contributed by atoms with Crippen molar-refractivity contribution in [2.24, 2.45) is 0 Å². The van der Waals surface area contributed by atoms with Crippen molar-refractivity contribution in [3.8, 4) is 5.88 Å². The monoisotopic (exact) mass is 197 g/mol. The minimum Gasteiger partial charge on any atom is -0.481 e. The second-order valence-electron chi connectivity index (χ2n) is 2.78. The zero-order valence-electron chi connectivity index (χ0n) is 8.23. The summed E-state index contributed by atoms with van der Waals surface area (Å²) >= 11 is 0. The van der Waals surface area contributed by atoms with Gasteiger partial charge in [0, 0.05) is 25.4 Å². The van der Waals surface area contributed by atoms with E-state index >= 15 is 0 Å². The van der Waals surface area contributed by atoms with E-state index in [9.17, 15) is 0 Å². The highest BCUT2D eigenvalue weighted by Crippen LogP contribution is 2.06. The molecule has 0 aliphatic carbocycles. The van der Waals surface area contributed by atoms with Crippen molar-refractivity contribution in [1.29, 1.82) is 0 Å². The van der Waals surface area contributed by atoms with E-state index in [0.29, 0.717) is 11.8 Å². The Labute approximate surface area is 83.2 Å². The molecule has 0 amide bonds. The Balaban J connectivity index is 2.34. The molecule has 2 N–H and O–H groups in total. The van der Waals surface area contributed by atoms with E-state index in [1.54, 1.807) is 19.4 Å². The van der Waals surface area contributed by atoms with Gasteiger partial charge in [-0.1, -0.05) is 0 Å². The standard InChI is InChI=1S/C9H15N3O2/c1-14-8-4-6-11-9(12-8)10-5-2-3-7-13/h4,6,13H,2-3,5,7H2,1H3,(H,10,11,12). The third kappa shape index (κ3) is 3.57. The van der Waals surface area contributed by atoms with Crippen molar-refractivity contribution in [3.05, 3.63) is 12.3 Å². The first kappa shape index (κ1) is 10.7. The highest BCUT2D eigenvalue weighted by molar-refractivity contribution is 5.26. The first-order valence-electron chi connectivity index (χ1n) is 4.58. The number of nitrogens with zero attached hydrogens (tertiary/aromatic N) is 2. The minimum absolute atomic E-state index is 0.223. The molecule has 1 heterocycles. The van der Waals surface area contributed by atoms with E-state index in [1.165, 1.54) is 0 Å². The lowest BCUT2D eigenvalue weighted by molar-refractivity contribution is 0.286. The molecule has 0 bridgehead atoms. The highest BCUT2D eigenvalue weighted by Gasteiger charge is 1.97. The molecule has 0 saturated heterocycles. The van der Waals surface area contributed by atoms with Crippen molar-refractivity contribution in [1.82, 2.24) is 9.97 Å². The summed E-state index contributed by atoms with van der Waals surface area (Å²) in [6, 6.07) is 1.69. The topological polar surface area (TPSA) is 67.3 Å². The molecule has 1 aromatic heterocycles. The zero-order valence-corrected chi connectivity index (χ0v) is 8.23. The van der Waals surface area contributed by atoms with Gasteiger partial charge in [0.15, 0.2) is 0 Å². The van der Waals surface area contributed by atoms with Crippen LogP contribution in [0.5, 0.6) is 5.88 Å². The maximum atomic E-state index is 8.57. The van der Waals surface area contributed by atoms with Crippen molar-refractivity contribution >= 4 is 5.95 Å². The largest absolute Gasteiger partial charge is 0.481 e.